The Kier molecular flexibility index (Phi) is 10.8. The number of imide groups is 1. The second kappa shape index (κ2) is 15.6. The maximum absolute atomic E-state index is 13.7. The maximum Gasteiger partial charge on any atom is 0.416 e. The van der Waals surface area contributed by atoms with Gasteiger partial charge in [0, 0.05) is 79.5 Å². The summed E-state index contributed by atoms with van der Waals surface area (Å²) in [5.41, 5.74) is 7.49. The van der Waals surface area contributed by atoms with Crippen molar-refractivity contribution in [2.24, 2.45) is 11.3 Å². The number of hydrogen-bond donors (Lipinski definition) is 3. The number of carbonyl (C=O) groups excluding carboxylic acids is 3. The van der Waals surface area contributed by atoms with E-state index in [-0.39, 0.29) is 35.3 Å². The fourth-order valence-corrected chi connectivity index (χ4v) is 7.70. The molecule has 7 rings (SSSR count). The quantitative estimate of drug-likeness (QED) is 0.132. The van der Waals surface area contributed by atoms with Crippen LogP contribution >= 0.6 is 0 Å². The first-order valence-corrected chi connectivity index (χ1v) is 19.1. The van der Waals surface area contributed by atoms with Crippen LogP contribution in [0.2, 0.25) is 0 Å². The standard InChI is InChI=1S/C41H47F3N8O5/c1-24(27-17-28(41(42,43)44)19-29(45)18-27)46-37-32-20-35(34(56-4)21-33(32)47-25(2)48-37)57-23-40(12-13-40)22-50(3)38(54)26-9-14-51(15-10-26)30-5-7-31(8-6-30)52-16-11-36(53)49-39(52)55/h5-8,17-21,24,26H,9-16,22-23,45H2,1-4H3,(H,46,47,48)(H,49,53,55)/t24-/m1/s1. The number of benzene rings is 3. The minimum absolute atomic E-state index is 0.0100. The third-order valence-corrected chi connectivity index (χ3v) is 11.1. The summed E-state index contributed by atoms with van der Waals surface area (Å²) in [5.74, 6) is 1.58. The number of anilines is 4. The Morgan fingerprint density at radius 2 is 1.74 bits per heavy atom. The number of nitrogen functional groups attached to an aromatic ring is 1. The molecule has 1 saturated carbocycles. The predicted molar refractivity (Wildman–Crippen MR) is 210 cm³/mol. The second-order valence-corrected chi connectivity index (χ2v) is 15.4. The van der Waals surface area contributed by atoms with Gasteiger partial charge in [-0.2, -0.15) is 13.2 Å². The zero-order valence-electron chi connectivity index (χ0n) is 32.4. The molecule has 4 amide bonds. The Hall–Kier alpha value is -5.80. The number of piperidine rings is 1. The molecule has 57 heavy (non-hydrogen) atoms. The van der Waals surface area contributed by atoms with Crippen LogP contribution in [-0.2, 0) is 15.8 Å². The van der Waals surface area contributed by atoms with Gasteiger partial charge in [-0.15, -0.1) is 0 Å². The van der Waals surface area contributed by atoms with Gasteiger partial charge < -0.3 is 30.3 Å². The summed E-state index contributed by atoms with van der Waals surface area (Å²) in [4.78, 5) is 52.2. The highest BCUT2D eigenvalue weighted by Crippen LogP contribution is 2.48. The average Bonchev–Trinajstić information content (AvgIpc) is 3.95. The molecule has 1 aromatic heterocycles. The molecule has 13 nitrogen and oxygen atoms in total. The largest absolute Gasteiger partial charge is 0.493 e. The molecule has 0 unspecified atom stereocenters. The molecule has 2 aliphatic heterocycles. The summed E-state index contributed by atoms with van der Waals surface area (Å²) in [7, 11) is 3.39. The van der Waals surface area contributed by atoms with Gasteiger partial charge in [-0.1, -0.05) is 0 Å². The van der Waals surface area contributed by atoms with Crippen molar-refractivity contribution >= 4 is 51.6 Å². The van der Waals surface area contributed by atoms with E-state index < -0.39 is 23.8 Å². The summed E-state index contributed by atoms with van der Waals surface area (Å²) >= 11 is 0. The highest BCUT2D eigenvalue weighted by molar-refractivity contribution is 6.05. The zero-order valence-corrected chi connectivity index (χ0v) is 32.4. The Morgan fingerprint density at radius 3 is 2.39 bits per heavy atom. The normalized spacial score (nSPS) is 17.6. The lowest BCUT2D eigenvalue weighted by Gasteiger charge is -2.35. The van der Waals surface area contributed by atoms with Gasteiger partial charge in [0.2, 0.25) is 11.8 Å². The van der Waals surface area contributed by atoms with Crippen LogP contribution in [0.1, 0.15) is 62.0 Å². The molecule has 16 heteroatoms. The molecule has 3 aliphatic rings. The second-order valence-electron chi connectivity index (χ2n) is 15.4. The lowest BCUT2D eigenvalue weighted by molar-refractivity contribution is -0.137. The van der Waals surface area contributed by atoms with Gasteiger partial charge in [-0.05, 0) is 93.6 Å². The summed E-state index contributed by atoms with van der Waals surface area (Å²) < 4.78 is 52.7. The van der Waals surface area contributed by atoms with Crippen LogP contribution in [0.25, 0.3) is 10.9 Å². The topological polar surface area (TPSA) is 155 Å². The monoisotopic (exact) mass is 788 g/mol. The van der Waals surface area contributed by atoms with Crippen molar-refractivity contribution in [2.75, 3.05) is 67.8 Å². The van der Waals surface area contributed by atoms with E-state index in [0.29, 0.717) is 59.3 Å². The maximum atomic E-state index is 13.7. The number of halogens is 3. The van der Waals surface area contributed by atoms with Crippen LogP contribution in [0.15, 0.2) is 54.6 Å². The van der Waals surface area contributed by atoms with Gasteiger partial charge >= 0.3 is 12.2 Å². The summed E-state index contributed by atoms with van der Waals surface area (Å²) in [6.07, 6.45) is -1.04. The number of nitrogens with zero attached hydrogens (tertiary/aromatic N) is 5. The number of hydrogen-bond acceptors (Lipinski definition) is 10. The number of aromatic nitrogens is 2. The molecule has 0 radical (unpaired) electrons. The molecule has 1 atom stereocenters. The SMILES string of the molecule is COc1cc2nc(C)nc(N[C@H](C)c3cc(N)cc(C(F)(F)F)c3)c2cc1OCC1(CN(C)C(=O)C2CCN(c3ccc(N4CCC(=O)NC4=O)cc3)CC2)CC1. The number of ether oxygens (including phenoxy) is 2. The molecule has 3 heterocycles. The van der Waals surface area contributed by atoms with Crippen molar-refractivity contribution in [3.8, 4) is 11.5 Å². The third kappa shape index (κ3) is 8.79. The van der Waals surface area contributed by atoms with E-state index in [4.69, 9.17) is 15.2 Å². The lowest BCUT2D eigenvalue weighted by Crippen LogP contribution is -2.49. The van der Waals surface area contributed by atoms with E-state index in [0.717, 1.165) is 62.3 Å². The Bertz CT molecular complexity index is 2170. The van der Waals surface area contributed by atoms with Crippen LogP contribution in [0.4, 0.5) is 40.8 Å². The average molecular weight is 789 g/mol. The van der Waals surface area contributed by atoms with Gasteiger partial charge in [-0.25, -0.2) is 14.8 Å². The number of fused-ring (bicyclic) bond motifs is 1. The molecular formula is C41H47F3N8O5. The van der Waals surface area contributed by atoms with Crippen LogP contribution in [-0.4, -0.2) is 79.7 Å². The molecule has 3 fully saturated rings. The summed E-state index contributed by atoms with van der Waals surface area (Å²) in [5, 5.41) is 6.21. The summed E-state index contributed by atoms with van der Waals surface area (Å²) in [6, 6.07) is 13.7. The van der Waals surface area contributed by atoms with E-state index >= 15 is 0 Å². The Balaban J connectivity index is 0.970. The highest BCUT2D eigenvalue weighted by Gasteiger charge is 2.46. The van der Waals surface area contributed by atoms with Crippen LogP contribution in [0, 0.1) is 18.3 Å². The fraction of sp³-hybridized carbons (Fsp3) is 0.439. The molecule has 4 aromatic rings. The van der Waals surface area contributed by atoms with Crippen LogP contribution in [0.3, 0.4) is 0 Å². The number of rotatable bonds is 12. The first-order valence-electron chi connectivity index (χ1n) is 19.1. The number of nitrogens with two attached hydrogens (primary N) is 1. The van der Waals surface area contributed by atoms with E-state index in [1.807, 2.05) is 36.2 Å². The van der Waals surface area contributed by atoms with Crippen molar-refractivity contribution in [3.05, 3.63) is 71.5 Å². The van der Waals surface area contributed by atoms with Gasteiger partial charge in [0.25, 0.3) is 0 Å². The highest BCUT2D eigenvalue weighted by atomic mass is 19.4. The van der Waals surface area contributed by atoms with Gasteiger partial charge in [-0.3, -0.25) is 19.8 Å². The van der Waals surface area contributed by atoms with Gasteiger partial charge in [0.15, 0.2) is 11.5 Å². The Labute approximate surface area is 328 Å². The van der Waals surface area contributed by atoms with E-state index in [1.165, 1.54) is 6.07 Å². The number of urea groups is 1. The van der Waals surface area contributed by atoms with Gasteiger partial charge in [0.1, 0.15) is 11.6 Å². The van der Waals surface area contributed by atoms with Crippen molar-refractivity contribution in [2.45, 2.75) is 58.2 Å². The first kappa shape index (κ1) is 39.4. The number of aryl methyl sites for hydroxylation is 1. The van der Waals surface area contributed by atoms with E-state index in [9.17, 15) is 27.6 Å². The van der Waals surface area contributed by atoms with Crippen molar-refractivity contribution < 1.29 is 37.0 Å². The smallest absolute Gasteiger partial charge is 0.416 e. The molecule has 0 spiro atoms. The summed E-state index contributed by atoms with van der Waals surface area (Å²) in [6.45, 7) is 6.17. The number of alkyl halides is 3. The van der Waals surface area contributed by atoms with E-state index in [2.05, 4.69) is 25.5 Å². The van der Waals surface area contributed by atoms with E-state index in [1.54, 1.807) is 38.0 Å². The number of nitrogens with one attached hydrogen (secondary N) is 2. The third-order valence-electron chi connectivity index (χ3n) is 11.1. The van der Waals surface area contributed by atoms with Gasteiger partial charge in [0.05, 0.1) is 30.8 Å². The molecular weight excluding hydrogens is 741 g/mol. The predicted octanol–water partition coefficient (Wildman–Crippen LogP) is 6.70. The van der Waals surface area contributed by atoms with Crippen molar-refractivity contribution in [3.63, 3.8) is 0 Å². The molecule has 1 aliphatic carbocycles. The number of methoxy groups -OCH3 is 1. The lowest BCUT2D eigenvalue weighted by atomic mass is 9.94. The molecule has 2 saturated heterocycles. The molecule has 4 N–H and O–H groups in total. The first-order chi connectivity index (χ1) is 27.1. The molecule has 302 valence electrons. The minimum Gasteiger partial charge on any atom is -0.493 e. The zero-order chi connectivity index (χ0) is 40.6. The minimum atomic E-state index is -4.54. The molecule has 3 aromatic carbocycles. The van der Waals surface area contributed by atoms with Crippen molar-refractivity contribution in [1.82, 2.24) is 20.2 Å². The molecule has 0 bridgehead atoms. The van der Waals surface area contributed by atoms with Crippen molar-refractivity contribution in [1.29, 1.82) is 0 Å². The Morgan fingerprint density at radius 1 is 1.04 bits per heavy atom. The number of amides is 4. The number of carbonyl (C=O) groups is 3. The van der Waals surface area contributed by atoms with Crippen LogP contribution in [0.5, 0.6) is 11.5 Å². The van der Waals surface area contributed by atoms with Crippen LogP contribution < -0.4 is 35.6 Å². The fourth-order valence-electron chi connectivity index (χ4n) is 7.70.